The Hall–Kier alpha value is -1.43. The number of hydrogen-bond acceptors (Lipinski definition) is 5. The van der Waals surface area contributed by atoms with Gasteiger partial charge in [-0.05, 0) is 23.6 Å². The largest absolute Gasteiger partial charge is 0.504 e. The molecular weight excluding hydrogens is 262 g/mol. The molecule has 0 fully saturated rings. The molecule has 0 saturated carbocycles. The van der Waals surface area contributed by atoms with Gasteiger partial charge in [0.25, 0.3) is 0 Å². The van der Waals surface area contributed by atoms with E-state index in [1.807, 2.05) is 17.5 Å². The van der Waals surface area contributed by atoms with Crippen LogP contribution < -0.4 is 5.73 Å². The first-order valence-corrected chi connectivity index (χ1v) is 5.52. The second kappa shape index (κ2) is 5.27. The second-order valence-electron chi connectivity index (χ2n) is 3.36. The lowest BCUT2D eigenvalue weighted by Gasteiger charge is -2.13. The van der Waals surface area contributed by atoms with E-state index in [-0.39, 0.29) is 23.9 Å². The molecule has 0 amide bonds. The lowest BCUT2D eigenvalue weighted by atomic mass is 10.0. The predicted octanol–water partition coefficient (Wildman–Crippen LogP) is 2.33. The molecule has 5 N–H and O–H groups in total. The average Bonchev–Trinajstić information content (AvgIpc) is 2.79. The highest BCUT2D eigenvalue weighted by atomic mass is 35.5. The van der Waals surface area contributed by atoms with Crippen LogP contribution in [0, 0.1) is 0 Å². The minimum absolute atomic E-state index is 0. The van der Waals surface area contributed by atoms with Crippen LogP contribution in [0.4, 0.5) is 0 Å². The fourth-order valence-corrected chi connectivity index (χ4v) is 2.20. The summed E-state index contributed by atoms with van der Waals surface area (Å²) in [5, 5.41) is 30.1. The highest BCUT2D eigenvalue weighted by molar-refractivity contribution is 7.10. The third-order valence-electron chi connectivity index (χ3n) is 2.35. The molecule has 1 atom stereocenters. The first kappa shape index (κ1) is 13.6. The van der Waals surface area contributed by atoms with Gasteiger partial charge in [0, 0.05) is 10.4 Å². The van der Waals surface area contributed by atoms with Gasteiger partial charge in [-0.2, -0.15) is 0 Å². The lowest BCUT2D eigenvalue weighted by Crippen LogP contribution is -2.10. The Morgan fingerprint density at radius 2 is 1.76 bits per heavy atom. The number of rotatable bonds is 2. The number of hydrogen-bond donors (Lipinski definition) is 4. The van der Waals surface area contributed by atoms with Crippen LogP contribution >= 0.6 is 23.7 Å². The number of nitrogens with two attached hydrogens (primary N) is 1. The predicted molar refractivity (Wildman–Crippen MR) is 69.0 cm³/mol. The number of halogens is 1. The van der Waals surface area contributed by atoms with Gasteiger partial charge in [0.2, 0.25) is 5.75 Å². The lowest BCUT2D eigenvalue weighted by molar-refractivity contribution is 0.364. The van der Waals surface area contributed by atoms with Crippen molar-refractivity contribution in [3.63, 3.8) is 0 Å². The van der Waals surface area contributed by atoms with Crippen molar-refractivity contribution in [2.24, 2.45) is 5.73 Å². The number of phenolic OH excluding ortho intramolecular Hbond substituents is 3. The van der Waals surface area contributed by atoms with Gasteiger partial charge in [0.1, 0.15) is 0 Å². The molecule has 0 radical (unpaired) electrons. The van der Waals surface area contributed by atoms with Crippen molar-refractivity contribution in [1.29, 1.82) is 0 Å². The molecule has 0 spiro atoms. The summed E-state index contributed by atoms with van der Waals surface area (Å²) in [7, 11) is 0. The Labute approximate surface area is 108 Å². The normalized spacial score (nSPS) is 11.8. The molecule has 1 aromatic carbocycles. The van der Waals surface area contributed by atoms with E-state index >= 15 is 0 Å². The van der Waals surface area contributed by atoms with Gasteiger partial charge in [-0.25, -0.2) is 0 Å². The molecule has 0 bridgehead atoms. The fraction of sp³-hybridized carbons (Fsp3) is 0.0909. The zero-order valence-corrected chi connectivity index (χ0v) is 10.3. The Balaban J connectivity index is 0.00000144. The SMILES string of the molecule is Cl.N[C@@H](c1cccs1)c1ccc(O)c(O)c1O. The fourth-order valence-electron chi connectivity index (χ4n) is 1.46. The number of benzene rings is 1. The monoisotopic (exact) mass is 273 g/mol. The summed E-state index contributed by atoms with van der Waals surface area (Å²) < 4.78 is 0. The second-order valence-corrected chi connectivity index (χ2v) is 4.34. The topological polar surface area (TPSA) is 86.7 Å². The summed E-state index contributed by atoms with van der Waals surface area (Å²) in [5.41, 5.74) is 6.33. The van der Waals surface area contributed by atoms with E-state index in [9.17, 15) is 15.3 Å². The molecule has 6 heteroatoms. The standard InChI is InChI=1S/C11H11NO3S.ClH/c12-9(8-2-1-5-16-8)6-3-4-7(13)11(15)10(6)14;/h1-5,9,13-15H,12H2;1H/t9-;/m1./s1. The van der Waals surface area contributed by atoms with E-state index in [0.717, 1.165) is 4.88 Å². The van der Waals surface area contributed by atoms with E-state index < -0.39 is 11.8 Å². The quantitative estimate of drug-likeness (QED) is 0.633. The van der Waals surface area contributed by atoms with Crippen LogP contribution in [-0.4, -0.2) is 15.3 Å². The highest BCUT2D eigenvalue weighted by Gasteiger charge is 2.18. The Kier molecular flexibility index (Phi) is 4.22. The van der Waals surface area contributed by atoms with Crippen LogP contribution in [0.1, 0.15) is 16.5 Å². The molecule has 4 nitrogen and oxygen atoms in total. The average molecular weight is 274 g/mol. The minimum Gasteiger partial charge on any atom is -0.504 e. The summed E-state index contributed by atoms with van der Waals surface area (Å²) >= 11 is 1.46. The highest BCUT2D eigenvalue weighted by Crippen LogP contribution is 2.41. The van der Waals surface area contributed by atoms with Gasteiger partial charge in [-0.3, -0.25) is 0 Å². The third kappa shape index (κ3) is 2.46. The summed E-state index contributed by atoms with van der Waals surface area (Å²) in [4.78, 5) is 0.875. The molecule has 17 heavy (non-hydrogen) atoms. The van der Waals surface area contributed by atoms with Gasteiger partial charge < -0.3 is 21.1 Å². The van der Waals surface area contributed by atoms with Crippen LogP contribution in [0.25, 0.3) is 0 Å². The summed E-state index contributed by atoms with van der Waals surface area (Å²) in [6.45, 7) is 0. The molecule has 0 aliphatic rings. The first-order chi connectivity index (χ1) is 7.61. The van der Waals surface area contributed by atoms with Crippen LogP contribution in [0.2, 0.25) is 0 Å². The van der Waals surface area contributed by atoms with Gasteiger partial charge in [-0.1, -0.05) is 6.07 Å². The molecule has 1 aromatic heterocycles. The van der Waals surface area contributed by atoms with Crippen molar-refractivity contribution >= 4 is 23.7 Å². The van der Waals surface area contributed by atoms with E-state index in [2.05, 4.69) is 0 Å². The molecule has 2 aromatic rings. The minimum atomic E-state index is -0.537. The third-order valence-corrected chi connectivity index (χ3v) is 3.30. The van der Waals surface area contributed by atoms with Crippen molar-refractivity contribution in [3.05, 3.63) is 40.1 Å². The number of aromatic hydroxyl groups is 3. The summed E-state index contributed by atoms with van der Waals surface area (Å²) in [6.07, 6.45) is 0. The van der Waals surface area contributed by atoms with Crippen molar-refractivity contribution in [1.82, 2.24) is 0 Å². The maximum absolute atomic E-state index is 9.66. The van der Waals surface area contributed by atoms with Crippen molar-refractivity contribution in [2.75, 3.05) is 0 Å². The molecular formula is C11H12ClNO3S. The maximum atomic E-state index is 9.66. The molecule has 2 rings (SSSR count). The van der Waals surface area contributed by atoms with Crippen molar-refractivity contribution < 1.29 is 15.3 Å². The zero-order valence-electron chi connectivity index (χ0n) is 8.70. The molecule has 1 heterocycles. The molecule has 0 unspecified atom stereocenters. The molecule has 92 valence electrons. The number of thiophene rings is 1. The van der Waals surface area contributed by atoms with Crippen LogP contribution in [0.3, 0.4) is 0 Å². The van der Waals surface area contributed by atoms with E-state index in [4.69, 9.17) is 5.73 Å². The zero-order chi connectivity index (χ0) is 11.7. The van der Waals surface area contributed by atoms with E-state index in [1.165, 1.54) is 23.5 Å². The van der Waals surface area contributed by atoms with Gasteiger partial charge in [0.05, 0.1) is 6.04 Å². The van der Waals surface area contributed by atoms with Crippen LogP contribution in [-0.2, 0) is 0 Å². The Morgan fingerprint density at radius 1 is 1.06 bits per heavy atom. The Bertz CT molecular complexity index is 502. The smallest absolute Gasteiger partial charge is 0.200 e. The summed E-state index contributed by atoms with van der Waals surface area (Å²) in [5.74, 6) is -1.27. The van der Waals surface area contributed by atoms with E-state index in [0.29, 0.717) is 5.56 Å². The molecule has 0 aliphatic carbocycles. The van der Waals surface area contributed by atoms with Crippen molar-refractivity contribution in [2.45, 2.75) is 6.04 Å². The van der Waals surface area contributed by atoms with E-state index in [1.54, 1.807) is 0 Å². The number of phenols is 3. The van der Waals surface area contributed by atoms with Crippen LogP contribution in [0.15, 0.2) is 29.6 Å². The van der Waals surface area contributed by atoms with Gasteiger partial charge in [0.15, 0.2) is 11.5 Å². The molecule has 0 aliphatic heterocycles. The van der Waals surface area contributed by atoms with Crippen LogP contribution in [0.5, 0.6) is 17.2 Å². The Morgan fingerprint density at radius 3 is 2.35 bits per heavy atom. The summed E-state index contributed by atoms with van der Waals surface area (Å²) in [6, 6.07) is 5.99. The van der Waals surface area contributed by atoms with Gasteiger partial charge in [-0.15, -0.1) is 23.7 Å². The molecule has 0 saturated heterocycles. The first-order valence-electron chi connectivity index (χ1n) is 4.64. The van der Waals surface area contributed by atoms with Crippen molar-refractivity contribution in [3.8, 4) is 17.2 Å². The van der Waals surface area contributed by atoms with Gasteiger partial charge >= 0.3 is 0 Å². The maximum Gasteiger partial charge on any atom is 0.200 e.